The lowest BCUT2D eigenvalue weighted by molar-refractivity contribution is -0.142. The van der Waals surface area contributed by atoms with Gasteiger partial charge in [-0.1, -0.05) is 53.5 Å². The van der Waals surface area contributed by atoms with Crippen molar-refractivity contribution in [2.24, 2.45) is 0 Å². The lowest BCUT2D eigenvalue weighted by atomic mass is 10.0. The summed E-state index contributed by atoms with van der Waals surface area (Å²) in [5, 5.41) is 19.9. The van der Waals surface area contributed by atoms with Crippen LogP contribution in [-0.4, -0.2) is 63.2 Å². The van der Waals surface area contributed by atoms with E-state index in [0.29, 0.717) is 24.4 Å². The van der Waals surface area contributed by atoms with Crippen LogP contribution in [0.25, 0.3) is 0 Å². The highest BCUT2D eigenvalue weighted by molar-refractivity contribution is 6.36. The van der Waals surface area contributed by atoms with Crippen molar-refractivity contribution in [2.45, 2.75) is 31.3 Å². The van der Waals surface area contributed by atoms with Crippen LogP contribution in [0.5, 0.6) is 0 Å². The van der Waals surface area contributed by atoms with E-state index in [0.717, 1.165) is 5.56 Å². The van der Waals surface area contributed by atoms with Crippen LogP contribution in [0, 0.1) is 0 Å². The van der Waals surface area contributed by atoms with E-state index in [1.807, 2.05) is 6.07 Å². The van der Waals surface area contributed by atoms with Crippen LogP contribution >= 0.6 is 23.2 Å². The van der Waals surface area contributed by atoms with E-state index in [4.69, 9.17) is 23.2 Å². The van der Waals surface area contributed by atoms with Crippen LogP contribution in [-0.2, 0) is 11.2 Å². The Morgan fingerprint density at radius 1 is 1.10 bits per heavy atom. The second kappa shape index (κ2) is 10.0. The van der Waals surface area contributed by atoms with E-state index in [2.05, 4.69) is 0 Å². The van der Waals surface area contributed by atoms with Crippen molar-refractivity contribution in [3.05, 3.63) is 69.7 Å². The minimum atomic E-state index is -1.20. The van der Waals surface area contributed by atoms with Gasteiger partial charge in [-0.15, -0.1) is 0 Å². The number of hydrogen-bond acceptors (Lipinski definition) is 3. The van der Waals surface area contributed by atoms with Gasteiger partial charge in [0.25, 0.3) is 5.91 Å². The van der Waals surface area contributed by atoms with Gasteiger partial charge in [-0.25, -0.2) is 9.59 Å². The molecule has 0 aromatic heterocycles. The van der Waals surface area contributed by atoms with E-state index < -0.39 is 30.1 Å². The predicted octanol–water partition coefficient (Wildman–Crippen LogP) is 4.27. The molecule has 1 fully saturated rings. The monoisotopic (exact) mass is 464 g/mol. The number of aliphatic carboxylic acids is 1. The minimum Gasteiger partial charge on any atom is -0.480 e. The van der Waals surface area contributed by atoms with Gasteiger partial charge in [0.15, 0.2) is 0 Å². The van der Waals surface area contributed by atoms with E-state index in [-0.39, 0.29) is 23.6 Å². The summed E-state index contributed by atoms with van der Waals surface area (Å²) in [7, 11) is 0. The molecule has 2 unspecified atom stereocenters. The topological polar surface area (TPSA) is 98.2 Å². The smallest absolute Gasteiger partial charge is 0.407 e. The first-order valence-electron chi connectivity index (χ1n) is 9.80. The van der Waals surface area contributed by atoms with Crippen molar-refractivity contribution in [1.29, 1.82) is 0 Å². The summed E-state index contributed by atoms with van der Waals surface area (Å²) >= 11 is 12.2. The molecule has 0 saturated carbocycles. The number of rotatable bonds is 7. The van der Waals surface area contributed by atoms with Crippen LogP contribution in [0.2, 0.25) is 10.0 Å². The zero-order valence-corrected chi connectivity index (χ0v) is 18.1. The number of likely N-dealkylation sites (tertiary alicyclic amines) is 1. The number of carboxylic acid groups (broad SMARTS) is 2. The average molecular weight is 465 g/mol. The van der Waals surface area contributed by atoms with Gasteiger partial charge < -0.3 is 20.0 Å². The Morgan fingerprint density at radius 2 is 1.81 bits per heavy atom. The van der Waals surface area contributed by atoms with Crippen molar-refractivity contribution in [2.75, 3.05) is 13.1 Å². The maximum Gasteiger partial charge on any atom is 0.407 e. The van der Waals surface area contributed by atoms with Gasteiger partial charge in [-0.2, -0.15) is 0 Å². The van der Waals surface area contributed by atoms with Crippen molar-refractivity contribution < 1.29 is 24.6 Å². The van der Waals surface area contributed by atoms with Gasteiger partial charge in [0, 0.05) is 24.5 Å². The number of carboxylic acids is 1. The van der Waals surface area contributed by atoms with Crippen LogP contribution in [0.3, 0.4) is 0 Å². The zero-order chi connectivity index (χ0) is 22.5. The third-order valence-corrected chi connectivity index (χ3v) is 5.93. The third kappa shape index (κ3) is 5.48. The maximum atomic E-state index is 13.4. The summed E-state index contributed by atoms with van der Waals surface area (Å²) in [6, 6.07) is 11.7. The van der Waals surface area contributed by atoms with Gasteiger partial charge in [0.05, 0.1) is 16.6 Å². The summed E-state index contributed by atoms with van der Waals surface area (Å²) in [5.74, 6) is -1.76. The Hall–Kier alpha value is -2.77. The Bertz CT molecular complexity index is 970. The molecule has 2 amide bonds. The minimum absolute atomic E-state index is 0.0477. The largest absolute Gasteiger partial charge is 0.480 e. The van der Waals surface area contributed by atoms with Crippen LogP contribution in [0.1, 0.15) is 28.8 Å². The normalized spacial score (nSPS) is 16.7. The summed E-state index contributed by atoms with van der Waals surface area (Å²) in [5.41, 5.74) is 0.863. The Kier molecular flexibility index (Phi) is 7.41. The SMILES string of the molecule is O=C(O)C(Cc1ccccc1)N(CC1CCCN1C(=O)O)C(=O)c1ccc(Cl)cc1Cl. The molecule has 31 heavy (non-hydrogen) atoms. The molecule has 1 aliphatic rings. The van der Waals surface area contributed by atoms with Gasteiger partial charge in [0.1, 0.15) is 6.04 Å². The highest BCUT2D eigenvalue weighted by Crippen LogP contribution is 2.26. The number of halogens is 2. The highest BCUT2D eigenvalue weighted by Gasteiger charge is 2.37. The van der Waals surface area contributed by atoms with Gasteiger partial charge in [-0.3, -0.25) is 4.79 Å². The molecule has 164 valence electrons. The molecule has 9 heteroatoms. The second-order valence-corrected chi connectivity index (χ2v) is 8.24. The van der Waals surface area contributed by atoms with Gasteiger partial charge >= 0.3 is 12.1 Å². The van der Waals surface area contributed by atoms with Crippen LogP contribution in [0.4, 0.5) is 4.79 Å². The van der Waals surface area contributed by atoms with E-state index in [9.17, 15) is 24.6 Å². The molecule has 2 atom stereocenters. The van der Waals surface area contributed by atoms with Crippen molar-refractivity contribution in [3.63, 3.8) is 0 Å². The van der Waals surface area contributed by atoms with Crippen LogP contribution in [0.15, 0.2) is 48.5 Å². The Morgan fingerprint density at radius 3 is 2.42 bits per heavy atom. The summed E-state index contributed by atoms with van der Waals surface area (Å²) in [6.07, 6.45) is 0.181. The summed E-state index contributed by atoms with van der Waals surface area (Å²) in [4.78, 5) is 39.7. The molecule has 0 bridgehead atoms. The standard InChI is InChI=1S/C22H22Cl2N2O5/c23-15-8-9-17(18(24)12-15)20(27)26(13-16-7-4-10-25(16)22(30)31)19(21(28)29)11-14-5-2-1-3-6-14/h1-3,5-6,8-9,12,16,19H,4,7,10-11,13H2,(H,28,29)(H,30,31). The fraction of sp³-hybridized carbons (Fsp3) is 0.318. The molecule has 3 rings (SSSR count). The fourth-order valence-electron chi connectivity index (χ4n) is 3.84. The molecule has 2 aromatic rings. The molecule has 1 heterocycles. The van der Waals surface area contributed by atoms with E-state index >= 15 is 0 Å². The molecular weight excluding hydrogens is 443 g/mol. The number of carbonyl (C=O) groups excluding carboxylic acids is 1. The second-order valence-electron chi connectivity index (χ2n) is 7.40. The molecule has 7 nitrogen and oxygen atoms in total. The zero-order valence-electron chi connectivity index (χ0n) is 16.6. The molecular formula is C22H22Cl2N2O5. The Labute approximate surface area is 189 Å². The third-order valence-electron chi connectivity index (χ3n) is 5.39. The van der Waals surface area contributed by atoms with Gasteiger partial charge in [0.2, 0.25) is 0 Å². The molecule has 1 saturated heterocycles. The lowest BCUT2D eigenvalue weighted by Crippen LogP contribution is -2.52. The van der Waals surface area contributed by atoms with Gasteiger partial charge in [-0.05, 0) is 36.6 Å². The van der Waals surface area contributed by atoms with Crippen molar-refractivity contribution in [3.8, 4) is 0 Å². The first-order valence-corrected chi connectivity index (χ1v) is 10.6. The number of carbonyl (C=O) groups is 3. The lowest BCUT2D eigenvalue weighted by Gasteiger charge is -2.34. The highest BCUT2D eigenvalue weighted by atomic mass is 35.5. The van der Waals surface area contributed by atoms with Crippen molar-refractivity contribution >= 4 is 41.2 Å². The molecule has 2 N–H and O–H groups in total. The molecule has 2 aromatic carbocycles. The first-order chi connectivity index (χ1) is 14.8. The molecule has 0 radical (unpaired) electrons. The van der Waals surface area contributed by atoms with E-state index in [1.54, 1.807) is 24.3 Å². The Balaban J connectivity index is 1.98. The average Bonchev–Trinajstić information content (AvgIpc) is 3.19. The molecule has 0 spiro atoms. The quantitative estimate of drug-likeness (QED) is 0.637. The summed E-state index contributed by atoms with van der Waals surface area (Å²) < 4.78 is 0. The number of amides is 2. The molecule has 1 aliphatic heterocycles. The number of hydrogen-bond donors (Lipinski definition) is 2. The number of benzene rings is 2. The summed E-state index contributed by atoms with van der Waals surface area (Å²) in [6.45, 7) is 0.300. The predicted molar refractivity (Wildman–Crippen MR) is 117 cm³/mol. The fourth-order valence-corrected chi connectivity index (χ4v) is 4.33. The van der Waals surface area contributed by atoms with Crippen LogP contribution < -0.4 is 0 Å². The van der Waals surface area contributed by atoms with Crippen molar-refractivity contribution in [1.82, 2.24) is 9.80 Å². The number of nitrogens with zero attached hydrogens (tertiary/aromatic N) is 2. The molecule has 0 aliphatic carbocycles. The van der Waals surface area contributed by atoms with E-state index in [1.165, 1.54) is 28.0 Å². The first kappa shape index (κ1) is 22.9. The maximum absolute atomic E-state index is 13.4.